The molecule has 2 N–H and O–H groups in total. The molecule has 4 radical (unpaired) electrons. The molecule has 0 fully saturated rings. The minimum atomic E-state index is -1.12. The number of carbonyl (C=O) groups is 2. The van der Waals surface area contributed by atoms with E-state index in [9.17, 15) is 9.59 Å². The Hall–Kier alpha value is -2.38. The third-order valence-electron chi connectivity index (χ3n) is 4.20. The summed E-state index contributed by atoms with van der Waals surface area (Å²) < 4.78 is 0.862. The van der Waals surface area contributed by atoms with Crippen molar-refractivity contribution in [3.8, 4) is 0 Å². The molecule has 0 unspecified atom stereocenters. The zero-order chi connectivity index (χ0) is 20.2. The maximum atomic E-state index is 10.6. The van der Waals surface area contributed by atoms with Crippen molar-refractivity contribution >= 4 is 52.3 Å². The van der Waals surface area contributed by atoms with Crippen molar-refractivity contribution in [1.29, 1.82) is 0 Å². The van der Waals surface area contributed by atoms with Crippen LogP contribution in [0.5, 0.6) is 0 Å². The van der Waals surface area contributed by atoms with Crippen molar-refractivity contribution < 1.29 is 19.8 Å². The van der Waals surface area contributed by atoms with Crippen LogP contribution in [-0.4, -0.2) is 67.2 Å². The van der Waals surface area contributed by atoms with Crippen molar-refractivity contribution in [2.24, 2.45) is 0 Å². The van der Waals surface area contributed by atoms with Gasteiger partial charge in [0.05, 0.1) is 32.3 Å². The van der Waals surface area contributed by atoms with Crippen molar-refractivity contribution in [1.82, 2.24) is 4.48 Å². The van der Waals surface area contributed by atoms with Gasteiger partial charge in [-0.1, -0.05) is 36.4 Å². The second-order valence-electron chi connectivity index (χ2n) is 7.15. The molecule has 0 spiro atoms. The molecule has 3 aromatic rings. The number of aryl methyl sites for hydroxylation is 1. The Morgan fingerprint density at radius 1 is 0.821 bits per heavy atom. The van der Waals surface area contributed by atoms with Gasteiger partial charge >= 0.3 is 11.9 Å². The van der Waals surface area contributed by atoms with Gasteiger partial charge in [-0.05, 0) is 42.1 Å². The molecule has 0 aromatic heterocycles. The predicted molar refractivity (Wildman–Crippen MR) is 114 cm³/mol. The summed E-state index contributed by atoms with van der Waals surface area (Å²) in [6.45, 7) is 1.62. The largest absolute Gasteiger partial charge is 0.478 e. The first-order chi connectivity index (χ1) is 12.6. The predicted octanol–water partition coefficient (Wildman–Crippen LogP) is 4.05. The molecule has 0 aliphatic rings. The van der Waals surface area contributed by atoms with Crippen LogP contribution in [0.2, 0.25) is 0 Å². The summed E-state index contributed by atoms with van der Waals surface area (Å²) in [5.74, 6) is -2.23. The maximum Gasteiger partial charge on any atom is 0.335 e. The molecule has 0 saturated carbocycles. The molecule has 0 amide bonds. The fourth-order valence-electron chi connectivity index (χ4n) is 2.78. The van der Waals surface area contributed by atoms with Gasteiger partial charge in [0.2, 0.25) is 0 Å². The van der Waals surface area contributed by atoms with E-state index in [1.54, 1.807) is 6.92 Å². The second kappa shape index (κ2) is 9.70. The summed E-state index contributed by atoms with van der Waals surface area (Å²) in [5, 5.41) is 19.9. The topological polar surface area (TPSA) is 74.6 Å². The van der Waals surface area contributed by atoms with Crippen LogP contribution < -0.4 is 4.48 Å². The number of nitrogens with zero attached hydrogens (tertiary/aromatic N) is 1. The number of quaternary nitrogens is 1. The quantitative estimate of drug-likeness (QED) is 0.434. The molecular weight excluding hydrogens is 461 g/mol. The zero-order valence-electron chi connectivity index (χ0n) is 16.4. The van der Waals surface area contributed by atoms with Crippen molar-refractivity contribution in [3.05, 3.63) is 77.4 Å². The molecule has 0 heterocycles. The Morgan fingerprint density at radius 2 is 1.43 bits per heavy atom. The smallest absolute Gasteiger partial charge is 0.335 e. The van der Waals surface area contributed by atoms with Gasteiger partial charge in [-0.25, -0.2) is 9.59 Å². The van der Waals surface area contributed by atoms with Crippen LogP contribution in [0.3, 0.4) is 0 Å². The first-order valence-electron chi connectivity index (χ1n) is 8.48. The normalized spacial score (nSPS) is 10.4. The first-order valence-corrected chi connectivity index (χ1v) is 8.48. The Bertz CT molecular complexity index is 988. The SMILES string of the molecule is C[N+](C)(C)c1cccc2ccccc12.Cc1ccc(C(=O)O)cc1C(=O)O.[Sn]. The Labute approximate surface area is 181 Å². The van der Waals surface area contributed by atoms with Gasteiger partial charge in [0.25, 0.3) is 0 Å². The van der Waals surface area contributed by atoms with Crippen LogP contribution >= 0.6 is 0 Å². The standard InChI is InChI=1S/C13H16N.C9H8O4.Sn/c1-14(2,3)13-10-6-8-11-7-4-5-9-12(11)13;1-5-2-3-6(8(10)11)4-7(5)9(12)13;/h4-10H,1-3H3;2-4H,1H3,(H,10,11)(H,12,13);/q+1;;. The van der Waals surface area contributed by atoms with Gasteiger partial charge in [-0.3, -0.25) is 4.48 Å². The minimum absolute atomic E-state index is 0. The van der Waals surface area contributed by atoms with Crippen molar-refractivity contribution in [3.63, 3.8) is 0 Å². The summed E-state index contributed by atoms with van der Waals surface area (Å²) in [4.78, 5) is 21.1. The fourth-order valence-corrected chi connectivity index (χ4v) is 2.78. The van der Waals surface area contributed by atoms with Gasteiger partial charge in [0.1, 0.15) is 5.69 Å². The summed E-state index contributed by atoms with van der Waals surface area (Å²) in [6.07, 6.45) is 0. The average molecular weight is 485 g/mol. The molecule has 0 saturated heterocycles. The van der Waals surface area contributed by atoms with Crippen LogP contribution in [0.25, 0.3) is 10.8 Å². The number of carboxylic acids is 2. The molecule has 144 valence electrons. The summed E-state index contributed by atoms with van der Waals surface area (Å²) in [5.41, 5.74) is 1.93. The number of hydrogen-bond donors (Lipinski definition) is 2. The summed E-state index contributed by atoms with van der Waals surface area (Å²) in [6, 6.07) is 19.0. The van der Waals surface area contributed by atoms with E-state index >= 15 is 0 Å². The van der Waals surface area contributed by atoms with Gasteiger partial charge in [-0.15, -0.1) is 0 Å². The molecule has 3 aromatic carbocycles. The molecule has 5 nitrogen and oxygen atoms in total. The van der Waals surface area contributed by atoms with Crippen LogP contribution in [0.15, 0.2) is 60.7 Å². The van der Waals surface area contributed by atoms with E-state index in [-0.39, 0.29) is 35.0 Å². The summed E-state index contributed by atoms with van der Waals surface area (Å²) >= 11 is 0. The van der Waals surface area contributed by atoms with Gasteiger partial charge < -0.3 is 10.2 Å². The van der Waals surface area contributed by atoms with E-state index in [1.165, 1.54) is 28.6 Å². The van der Waals surface area contributed by atoms with Crippen LogP contribution in [0.4, 0.5) is 5.69 Å². The van der Waals surface area contributed by atoms with E-state index in [0.717, 1.165) is 10.5 Å². The molecule has 6 heteroatoms. The number of hydrogen-bond acceptors (Lipinski definition) is 2. The Morgan fingerprint density at radius 3 is 2.00 bits per heavy atom. The van der Waals surface area contributed by atoms with Crippen LogP contribution in [0, 0.1) is 6.92 Å². The van der Waals surface area contributed by atoms with E-state index in [0.29, 0.717) is 5.56 Å². The van der Waals surface area contributed by atoms with E-state index < -0.39 is 11.9 Å². The van der Waals surface area contributed by atoms with Gasteiger partial charge in [-0.2, -0.15) is 0 Å². The number of rotatable bonds is 3. The molecule has 0 atom stereocenters. The second-order valence-corrected chi connectivity index (χ2v) is 7.15. The number of aromatic carboxylic acids is 2. The molecule has 0 bridgehead atoms. The molecular formula is C22H24NO4Sn+. The fraction of sp³-hybridized carbons (Fsp3) is 0.182. The van der Waals surface area contributed by atoms with E-state index in [4.69, 9.17) is 10.2 Å². The minimum Gasteiger partial charge on any atom is -0.478 e. The zero-order valence-corrected chi connectivity index (χ0v) is 19.3. The number of benzene rings is 3. The van der Waals surface area contributed by atoms with Gasteiger partial charge in [0, 0.05) is 29.3 Å². The summed E-state index contributed by atoms with van der Waals surface area (Å²) in [7, 11) is 6.59. The Kier molecular flexibility index (Phi) is 8.20. The number of fused-ring (bicyclic) bond motifs is 1. The van der Waals surface area contributed by atoms with Crippen LogP contribution in [-0.2, 0) is 0 Å². The van der Waals surface area contributed by atoms with Gasteiger partial charge in [0.15, 0.2) is 0 Å². The number of carboxylic acid groups (broad SMARTS) is 2. The Balaban J connectivity index is 0.000000271. The molecule has 0 aliphatic carbocycles. The first kappa shape index (κ1) is 23.7. The monoisotopic (exact) mass is 486 g/mol. The molecule has 28 heavy (non-hydrogen) atoms. The van der Waals surface area contributed by atoms with E-state index in [1.807, 2.05) is 0 Å². The van der Waals surface area contributed by atoms with Crippen molar-refractivity contribution in [2.75, 3.05) is 21.1 Å². The van der Waals surface area contributed by atoms with Crippen molar-refractivity contribution in [2.45, 2.75) is 6.92 Å². The third-order valence-corrected chi connectivity index (χ3v) is 4.20. The van der Waals surface area contributed by atoms with Crippen LogP contribution in [0.1, 0.15) is 26.3 Å². The maximum absolute atomic E-state index is 10.6. The van der Waals surface area contributed by atoms with E-state index in [2.05, 4.69) is 63.6 Å². The molecule has 0 aliphatic heterocycles. The average Bonchev–Trinajstić information content (AvgIpc) is 2.61. The third kappa shape index (κ3) is 5.81. The molecule has 3 rings (SSSR count).